The molecule has 1 saturated heterocycles. The standard InChI is InChI=1S/C24H32N4O5S/c1-16-15-27(24(30)33-21-4-3-5-21)23-12-18(6-7-22(23)28(16)17(2)29)19(13-25)14-26-20-8-10-34(31,32)11-9-20/h6-7,12-14,16,20-21H,3-5,8-11,15,25H2,1-2H3/b19-13+,26-14?/t16-/m0/s1. The summed E-state index contributed by atoms with van der Waals surface area (Å²) in [6.45, 7) is 3.75. The third kappa shape index (κ3) is 5.11. The molecule has 34 heavy (non-hydrogen) atoms. The fourth-order valence-electron chi connectivity index (χ4n) is 4.58. The molecule has 0 bridgehead atoms. The van der Waals surface area contributed by atoms with Crippen molar-refractivity contribution in [1.82, 2.24) is 0 Å². The second-order valence-corrected chi connectivity index (χ2v) is 11.6. The molecule has 2 heterocycles. The number of sulfone groups is 1. The molecule has 1 aliphatic carbocycles. The summed E-state index contributed by atoms with van der Waals surface area (Å²) < 4.78 is 29.0. The van der Waals surface area contributed by atoms with Gasteiger partial charge in [-0.1, -0.05) is 6.07 Å². The van der Waals surface area contributed by atoms with Gasteiger partial charge in [0, 0.05) is 31.5 Å². The van der Waals surface area contributed by atoms with E-state index in [1.165, 1.54) is 13.1 Å². The van der Waals surface area contributed by atoms with E-state index in [0.717, 1.165) is 24.8 Å². The third-order valence-electron chi connectivity index (χ3n) is 6.75. The van der Waals surface area contributed by atoms with Crippen LogP contribution >= 0.6 is 0 Å². The van der Waals surface area contributed by atoms with Crippen LogP contribution in [0.25, 0.3) is 5.57 Å². The molecule has 1 aromatic carbocycles. The van der Waals surface area contributed by atoms with Crippen LogP contribution < -0.4 is 15.5 Å². The molecule has 184 valence electrons. The number of allylic oxidation sites excluding steroid dienone is 1. The maximum atomic E-state index is 13.0. The predicted octanol–water partition coefficient (Wildman–Crippen LogP) is 2.88. The molecule has 2 N–H and O–H groups in total. The van der Waals surface area contributed by atoms with Crippen molar-refractivity contribution in [2.45, 2.75) is 64.1 Å². The molecule has 10 heteroatoms. The number of hydrogen-bond donors (Lipinski definition) is 1. The molecule has 3 aliphatic rings. The first kappa shape index (κ1) is 24.3. The van der Waals surface area contributed by atoms with Crippen LogP contribution in [0.3, 0.4) is 0 Å². The lowest BCUT2D eigenvalue weighted by atomic mass is 9.96. The van der Waals surface area contributed by atoms with E-state index in [1.807, 2.05) is 25.1 Å². The van der Waals surface area contributed by atoms with Gasteiger partial charge in [-0.25, -0.2) is 13.2 Å². The van der Waals surface area contributed by atoms with Gasteiger partial charge in [-0.2, -0.15) is 0 Å². The highest BCUT2D eigenvalue weighted by molar-refractivity contribution is 7.91. The van der Waals surface area contributed by atoms with E-state index in [2.05, 4.69) is 4.99 Å². The summed E-state index contributed by atoms with van der Waals surface area (Å²) in [6.07, 6.45) is 6.44. The Kier molecular flexibility index (Phi) is 6.97. The van der Waals surface area contributed by atoms with Crippen molar-refractivity contribution in [3.8, 4) is 0 Å². The molecular formula is C24H32N4O5S. The molecule has 0 radical (unpaired) electrons. The smallest absolute Gasteiger partial charge is 0.414 e. The van der Waals surface area contributed by atoms with E-state index in [9.17, 15) is 18.0 Å². The minimum absolute atomic E-state index is 0.0498. The van der Waals surface area contributed by atoms with Crippen molar-refractivity contribution < 1.29 is 22.7 Å². The van der Waals surface area contributed by atoms with E-state index in [4.69, 9.17) is 10.5 Å². The van der Waals surface area contributed by atoms with E-state index >= 15 is 0 Å². The van der Waals surface area contributed by atoms with Gasteiger partial charge in [0.25, 0.3) is 0 Å². The molecular weight excluding hydrogens is 456 g/mol. The number of aliphatic imine (C=N–C) groups is 1. The third-order valence-corrected chi connectivity index (χ3v) is 8.47. The number of ether oxygens (including phenoxy) is 1. The average Bonchev–Trinajstić information content (AvgIpc) is 2.76. The number of benzene rings is 1. The van der Waals surface area contributed by atoms with Crippen LogP contribution in [0.4, 0.5) is 16.2 Å². The molecule has 0 unspecified atom stereocenters. The monoisotopic (exact) mass is 488 g/mol. The second kappa shape index (κ2) is 9.77. The molecule has 1 saturated carbocycles. The number of amides is 2. The molecule has 2 amide bonds. The van der Waals surface area contributed by atoms with Crippen LogP contribution in [0.1, 0.15) is 51.5 Å². The number of hydrogen-bond acceptors (Lipinski definition) is 7. The Morgan fingerprint density at radius 3 is 2.44 bits per heavy atom. The second-order valence-electron chi connectivity index (χ2n) is 9.27. The number of carbonyl (C=O) groups is 2. The zero-order valence-corrected chi connectivity index (χ0v) is 20.5. The van der Waals surface area contributed by atoms with Gasteiger partial charge in [-0.3, -0.25) is 14.7 Å². The summed E-state index contributed by atoms with van der Waals surface area (Å²) in [4.78, 5) is 33.2. The molecule has 1 aromatic rings. The van der Waals surface area contributed by atoms with Crippen molar-refractivity contribution in [2.24, 2.45) is 10.7 Å². The van der Waals surface area contributed by atoms with Gasteiger partial charge >= 0.3 is 6.09 Å². The Morgan fingerprint density at radius 2 is 1.85 bits per heavy atom. The first-order valence-corrected chi connectivity index (χ1v) is 13.6. The zero-order chi connectivity index (χ0) is 24.5. The average molecular weight is 489 g/mol. The Morgan fingerprint density at radius 1 is 1.15 bits per heavy atom. The van der Waals surface area contributed by atoms with Crippen LogP contribution in [0, 0.1) is 0 Å². The summed E-state index contributed by atoms with van der Waals surface area (Å²) in [5.41, 5.74) is 8.53. The van der Waals surface area contributed by atoms with Crippen molar-refractivity contribution in [2.75, 3.05) is 27.9 Å². The maximum Gasteiger partial charge on any atom is 0.414 e. The van der Waals surface area contributed by atoms with Gasteiger partial charge in [-0.15, -0.1) is 0 Å². The largest absolute Gasteiger partial charge is 0.446 e. The number of fused-ring (bicyclic) bond motifs is 1. The van der Waals surface area contributed by atoms with E-state index < -0.39 is 15.9 Å². The van der Waals surface area contributed by atoms with Crippen LogP contribution in [0.15, 0.2) is 29.4 Å². The lowest BCUT2D eigenvalue weighted by molar-refractivity contribution is -0.117. The fraction of sp³-hybridized carbons (Fsp3) is 0.542. The van der Waals surface area contributed by atoms with Gasteiger partial charge in [0.1, 0.15) is 15.9 Å². The van der Waals surface area contributed by atoms with Crippen LogP contribution in [-0.2, 0) is 19.4 Å². The van der Waals surface area contributed by atoms with Crippen molar-refractivity contribution in [3.05, 3.63) is 30.0 Å². The van der Waals surface area contributed by atoms with Gasteiger partial charge in [-0.05, 0) is 56.7 Å². The summed E-state index contributed by atoms with van der Waals surface area (Å²) in [5, 5.41) is 0. The summed E-state index contributed by atoms with van der Waals surface area (Å²) in [5.74, 6) is 0.191. The quantitative estimate of drug-likeness (QED) is 0.650. The summed E-state index contributed by atoms with van der Waals surface area (Å²) in [6, 6.07) is 5.22. The van der Waals surface area contributed by atoms with Crippen molar-refractivity contribution in [3.63, 3.8) is 0 Å². The molecule has 0 spiro atoms. The SMILES string of the molecule is CC(=O)N1c2ccc(/C(C=NC3CCS(=O)(=O)CC3)=C/N)cc2N(C(=O)OC2CCC2)C[C@@H]1C. The first-order valence-electron chi connectivity index (χ1n) is 11.8. The van der Waals surface area contributed by atoms with Crippen LogP contribution in [0.2, 0.25) is 0 Å². The number of anilines is 2. The highest BCUT2D eigenvalue weighted by atomic mass is 32.2. The number of nitrogens with two attached hydrogens (primary N) is 1. The highest BCUT2D eigenvalue weighted by Crippen LogP contribution is 2.38. The lowest BCUT2D eigenvalue weighted by Crippen LogP contribution is -2.52. The van der Waals surface area contributed by atoms with E-state index in [-0.39, 0.29) is 35.6 Å². The minimum Gasteiger partial charge on any atom is -0.446 e. The van der Waals surface area contributed by atoms with Gasteiger partial charge in [0.05, 0.1) is 35.0 Å². The Bertz CT molecular complexity index is 1110. The molecule has 2 aliphatic heterocycles. The Labute approximate surface area is 200 Å². The molecule has 2 fully saturated rings. The summed E-state index contributed by atoms with van der Waals surface area (Å²) >= 11 is 0. The normalized spacial score (nSPS) is 23.5. The van der Waals surface area contributed by atoms with Gasteiger partial charge in [0.15, 0.2) is 0 Å². The van der Waals surface area contributed by atoms with Gasteiger partial charge < -0.3 is 15.4 Å². The maximum absolute atomic E-state index is 13.0. The minimum atomic E-state index is -2.95. The van der Waals surface area contributed by atoms with E-state index in [0.29, 0.717) is 36.3 Å². The predicted molar refractivity (Wildman–Crippen MR) is 133 cm³/mol. The molecule has 4 rings (SSSR count). The number of carbonyl (C=O) groups excluding carboxylic acids is 2. The van der Waals surface area contributed by atoms with Crippen LogP contribution in [0.5, 0.6) is 0 Å². The Balaban J connectivity index is 1.62. The van der Waals surface area contributed by atoms with E-state index in [1.54, 1.807) is 16.0 Å². The molecule has 0 aromatic heterocycles. The first-order chi connectivity index (χ1) is 16.2. The number of rotatable bonds is 4. The lowest BCUT2D eigenvalue weighted by Gasteiger charge is -2.41. The van der Waals surface area contributed by atoms with Crippen molar-refractivity contribution in [1.29, 1.82) is 0 Å². The fourth-order valence-corrected chi connectivity index (χ4v) is 6.04. The van der Waals surface area contributed by atoms with Crippen molar-refractivity contribution >= 4 is 45.0 Å². The zero-order valence-electron chi connectivity index (χ0n) is 19.6. The number of nitrogens with zero attached hydrogens (tertiary/aromatic N) is 3. The van der Waals surface area contributed by atoms with Crippen LogP contribution in [-0.4, -0.2) is 62.9 Å². The van der Waals surface area contributed by atoms with Gasteiger partial charge in [0.2, 0.25) is 5.91 Å². The topological polar surface area (TPSA) is 122 Å². The molecule has 1 atom stereocenters. The Hall–Kier alpha value is -2.88. The summed E-state index contributed by atoms with van der Waals surface area (Å²) in [7, 11) is -2.95. The molecule has 9 nitrogen and oxygen atoms in total. The highest BCUT2D eigenvalue weighted by Gasteiger charge is 2.36.